The first kappa shape index (κ1) is 19.4. The van der Waals surface area contributed by atoms with Crippen molar-refractivity contribution in [3.8, 4) is 16.2 Å². The number of nitrogens with zero attached hydrogens (tertiary/aromatic N) is 2. The molecule has 1 amide bonds. The van der Waals surface area contributed by atoms with E-state index in [0.29, 0.717) is 23.4 Å². The number of fused-ring (bicyclic) bond motifs is 1. The van der Waals surface area contributed by atoms with Crippen molar-refractivity contribution in [3.05, 3.63) is 69.4 Å². The first-order valence-electron chi connectivity index (χ1n) is 9.08. The van der Waals surface area contributed by atoms with Gasteiger partial charge >= 0.3 is 0 Å². The Bertz CT molecular complexity index is 1200. The fourth-order valence-corrected chi connectivity index (χ4v) is 4.69. The summed E-state index contributed by atoms with van der Waals surface area (Å²) in [6, 6.07) is 11.7. The fraction of sp³-hybridized carbons (Fsp3) is 0.190. The van der Waals surface area contributed by atoms with E-state index >= 15 is 0 Å². The number of aromatic nitrogens is 2. The van der Waals surface area contributed by atoms with Crippen LogP contribution in [0.1, 0.15) is 5.56 Å². The highest BCUT2D eigenvalue weighted by Crippen LogP contribution is 2.33. The topological polar surface area (TPSA) is 73.2 Å². The molecule has 0 spiro atoms. The van der Waals surface area contributed by atoms with Crippen LogP contribution in [0.2, 0.25) is 0 Å². The summed E-state index contributed by atoms with van der Waals surface area (Å²) in [5.41, 5.74) is 1.79. The average Bonchev–Trinajstić information content (AvgIpc) is 3.37. The Morgan fingerprint density at radius 3 is 2.93 bits per heavy atom. The van der Waals surface area contributed by atoms with Gasteiger partial charge in [-0.05, 0) is 36.1 Å². The highest BCUT2D eigenvalue weighted by molar-refractivity contribution is 7.18. The maximum Gasteiger partial charge on any atom is 0.263 e. The molecule has 0 atom stereocenters. The van der Waals surface area contributed by atoms with Crippen LogP contribution >= 0.6 is 22.7 Å². The van der Waals surface area contributed by atoms with Crippen LogP contribution in [0, 0.1) is 6.92 Å². The van der Waals surface area contributed by atoms with Crippen LogP contribution in [0.25, 0.3) is 20.7 Å². The number of carbonyl (C=O) groups excluding carboxylic acids is 1. The lowest BCUT2D eigenvalue weighted by molar-refractivity contribution is -0.121. The summed E-state index contributed by atoms with van der Waals surface area (Å²) >= 11 is 3.01. The number of thiophene rings is 2. The zero-order valence-electron chi connectivity index (χ0n) is 15.8. The van der Waals surface area contributed by atoms with Crippen LogP contribution in [-0.2, 0) is 11.3 Å². The molecule has 0 saturated heterocycles. The van der Waals surface area contributed by atoms with Gasteiger partial charge in [0.2, 0.25) is 5.91 Å². The molecular formula is C21H19N3O3S2. The number of hydrogen-bond donors (Lipinski definition) is 1. The van der Waals surface area contributed by atoms with Gasteiger partial charge in [0.1, 0.15) is 23.7 Å². The molecule has 0 aliphatic carbocycles. The Morgan fingerprint density at radius 2 is 2.14 bits per heavy atom. The van der Waals surface area contributed by atoms with Crippen molar-refractivity contribution in [1.29, 1.82) is 0 Å². The van der Waals surface area contributed by atoms with Crippen LogP contribution in [0.5, 0.6) is 5.75 Å². The number of ether oxygens (including phenoxy) is 1. The molecule has 4 rings (SSSR count). The minimum atomic E-state index is -0.256. The maximum absolute atomic E-state index is 12.9. The number of benzene rings is 1. The van der Waals surface area contributed by atoms with E-state index in [9.17, 15) is 9.59 Å². The number of amides is 1. The van der Waals surface area contributed by atoms with E-state index in [-0.39, 0.29) is 18.0 Å². The zero-order valence-corrected chi connectivity index (χ0v) is 17.4. The van der Waals surface area contributed by atoms with Crippen molar-refractivity contribution in [2.75, 3.05) is 13.2 Å². The standard InChI is InChI=1S/C21H19N3O3S2/c1-14-4-2-5-15(10-14)27-8-7-22-18(25)11-24-13-23-20-19(21(24)26)16(12-29-20)17-6-3-9-28-17/h2-6,9-10,12-13H,7-8,11H2,1H3,(H,22,25). The largest absolute Gasteiger partial charge is 0.492 e. The molecule has 0 fully saturated rings. The molecule has 0 aliphatic heterocycles. The molecule has 0 radical (unpaired) electrons. The highest BCUT2D eigenvalue weighted by atomic mass is 32.1. The van der Waals surface area contributed by atoms with E-state index < -0.39 is 0 Å². The van der Waals surface area contributed by atoms with E-state index in [0.717, 1.165) is 21.8 Å². The molecule has 0 aliphatic rings. The second-order valence-electron chi connectivity index (χ2n) is 6.50. The second-order valence-corrected chi connectivity index (χ2v) is 8.31. The molecule has 8 heteroatoms. The molecule has 3 heterocycles. The van der Waals surface area contributed by atoms with Crippen LogP contribution in [0.4, 0.5) is 0 Å². The van der Waals surface area contributed by atoms with E-state index in [1.54, 1.807) is 11.3 Å². The summed E-state index contributed by atoms with van der Waals surface area (Å²) in [6.07, 6.45) is 1.43. The highest BCUT2D eigenvalue weighted by Gasteiger charge is 2.15. The average molecular weight is 426 g/mol. The third-order valence-corrected chi connectivity index (χ3v) is 6.13. The first-order valence-corrected chi connectivity index (χ1v) is 10.8. The molecular weight excluding hydrogens is 406 g/mol. The second kappa shape index (κ2) is 8.59. The normalized spacial score (nSPS) is 10.9. The van der Waals surface area contributed by atoms with Crippen molar-refractivity contribution in [3.63, 3.8) is 0 Å². The summed E-state index contributed by atoms with van der Waals surface area (Å²) in [6.45, 7) is 2.63. The first-order chi connectivity index (χ1) is 14.1. The van der Waals surface area contributed by atoms with E-state index in [1.807, 2.05) is 54.1 Å². The third-order valence-electron chi connectivity index (χ3n) is 4.34. The van der Waals surface area contributed by atoms with Crippen molar-refractivity contribution >= 4 is 38.8 Å². The molecule has 3 aromatic heterocycles. The predicted molar refractivity (Wildman–Crippen MR) is 117 cm³/mol. The molecule has 0 bridgehead atoms. The van der Waals surface area contributed by atoms with Crippen LogP contribution < -0.4 is 15.6 Å². The smallest absolute Gasteiger partial charge is 0.263 e. The van der Waals surface area contributed by atoms with Gasteiger partial charge in [0, 0.05) is 15.8 Å². The van der Waals surface area contributed by atoms with E-state index in [1.165, 1.54) is 22.2 Å². The van der Waals surface area contributed by atoms with Gasteiger partial charge in [-0.15, -0.1) is 22.7 Å². The molecule has 0 saturated carbocycles. The maximum atomic E-state index is 12.9. The van der Waals surface area contributed by atoms with Crippen molar-refractivity contribution in [2.24, 2.45) is 0 Å². The van der Waals surface area contributed by atoms with E-state index in [4.69, 9.17) is 4.74 Å². The lowest BCUT2D eigenvalue weighted by Gasteiger charge is -2.09. The Morgan fingerprint density at radius 1 is 1.24 bits per heavy atom. The summed E-state index contributed by atoms with van der Waals surface area (Å²) < 4.78 is 6.97. The Kier molecular flexibility index (Phi) is 5.73. The van der Waals surface area contributed by atoms with Gasteiger partial charge in [0.15, 0.2) is 0 Å². The van der Waals surface area contributed by atoms with Crippen molar-refractivity contribution in [2.45, 2.75) is 13.5 Å². The molecule has 1 N–H and O–H groups in total. The lowest BCUT2D eigenvalue weighted by Crippen LogP contribution is -2.34. The fourth-order valence-electron chi connectivity index (χ4n) is 2.97. The summed E-state index contributed by atoms with van der Waals surface area (Å²) in [4.78, 5) is 31.2. The van der Waals surface area contributed by atoms with Gasteiger partial charge in [-0.2, -0.15) is 0 Å². The molecule has 0 unspecified atom stereocenters. The van der Waals surface area contributed by atoms with Gasteiger partial charge in [-0.1, -0.05) is 18.2 Å². The zero-order chi connectivity index (χ0) is 20.2. The molecule has 6 nitrogen and oxygen atoms in total. The predicted octanol–water partition coefficient (Wildman–Crippen LogP) is 3.69. The Hall–Kier alpha value is -2.97. The molecule has 29 heavy (non-hydrogen) atoms. The number of nitrogens with one attached hydrogen (secondary N) is 1. The Balaban J connectivity index is 1.40. The Labute approximate surface area is 175 Å². The number of hydrogen-bond acceptors (Lipinski definition) is 6. The number of carbonyl (C=O) groups is 1. The van der Waals surface area contributed by atoms with Gasteiger partial charge < -0.3 is 10.1 Å². The van der Waals surface area contributed by atoms with Crippen LogP contribution in [0.15, 0.2) is 58.3 Å². The molecule has 148 valence electrons. The van der Waals surface area contributed by atoms with Gasteiger partial charge in [0.25, 0.3) is 5.56 Å². The van der Waals surface area contributed by atoms with Crippen molar-refractivity contribution < 1.29 is 9.53 Å². The summed E-state index contributed by atoms with van der Waals surface area (Å²) in [5, 5.41) is 7.26. The molecule has 1 aromatic carbocycles. The number of aryl methyl sites for hydroxylation is 1. The number of rotatable bonds is 7. The van der Waals surface area contributed by atoms with Gasteiger partial charge in [0.05, 0.1) is 18.3 Å². The van der Waals surface area contributed by atoms with Gasteiger partial charge in [-0.25, -0.2) is 4.98 Å². The summed E-state index contributed by atoms with van der Waals surface area (Å²) in [5.74, 6) is 0.512. The van der Waals surface area contributed by atoms with Gasteiger partial charge in [-0.3, -0.25) is 14.2 Å². The SMILES string of the molecule is Cc1cccc(OCCNC(=O)Cn2cnc3scc(-c4cccs4)c3c2=O)c1. The quantitative estimate of drug-likeness (QED) is 0.459. The monoisotopic (exact) mass is 425 g/mol. The van der Waals surface area contributed by atoms with Crippen LogP contribution in [0.3, 0.4) is 0 Å². The van der Waals surface area contributed by atoms with Crippen molar-refractivity contribution in [1.82, 2.24) is 14.9 Å². The van der Waals surface area contributed by atoms with E-state index in [2.05, 4.69) is 10.3 Å². The third kappa shape index (κ3) is 4.38. The van der Waals surface area contributed by atoms with Crippen LogP contribution in [-0.4, -0.2) is 28.6 Å². The lowest BCUT2D eigenvalue weighted by atomic mass is 10.2. The summed E-state index contributed by atoms with van der Waals surface area (Å²) in [7, 11) is 0. The molecule has 4 aromatic rings. The minimum Gasteiger partial charge on any atom is -0.492 e. The minimum absolute atomic E-state index is 0.0774.